The normalized spacial score (nSPS) is 11.3. The van der Waals surface area contributed by atoms with E-state index in [-0.39, 0.29) is 32.8 Å². The van der Waals surface area contributed by atoms with Gasteiger partial charge in [-0.25, -0.2) is 4.79 Å². The van der Waals surface area contributed by atoms with Crippen molar-refractivity contribution in [3.63, 3.8) is 0 Å². The molecule has 0 aliphatic rings. The van der Waals surface area contributed by atoms with Crippen molar-refractivity contribution in [3.8, 4) is 11.5 Å². The first kappa shape index (κ1) is 23.5. The molecule has 3 aromatic carbocycles. The van der Waals surface area contributed by atoms with Crippen LogP contribution in [0.2, 0.25) is 10.0 Å². The van der Waals surface area contributed by atoms with Gasteiger partial charge >= 0.3 is 12.1 Å². The number of amides is 1. The summed E-state index contributed by atoms with van der Waals surface area (Å²) in [6.07, 6.45) is -4.54. The molecule has 32 heavy (non-hydrogen) atoms. The smallest absolute Gasteiger partial charge is 0.422 e. The molecule has 0 heterocycles. The second-order valence-corrected chi connectivity index (χ2v) is 7.35. The maximum atomic E-state index is 12.4. The number of ether oxygens (including phenoxy) is 2. The lowest BCUT2D eigenvalue weighted by Crippen LogP contribution is -2.22. The summed E-state index contributed by atoms with van der Waals surface area (Å²) in [7, 11) is 0. The van der Waals surface area contributed by atoms with Gasteiger partial charge < -0.3 is 19.9 Å². The molecule has 0 unspecified atom stereocenters. The van der Waals surface area contributed by atoms with Gasteiger partial charge in [0.15, 0.2) is 13.2 Å². The first-order chi connectivity index (χ1) is 15.0. The van der Waals surface area contributed by atoms with Crippen molar-refractivity contribution in [2.75, 3.05) is 18.5 Å². The average molecular weight is 488 g/mol. The lowest BCUT2D eigenvalue weighted by molar-refractivity contribution is -0.153. The standard InChI is InChI=1S/C21H14Cl2F3NO5/c22-13-6-11-5-12(20(29)30)7-17(19(11)14(23)8-13)31-9-18(28)27-15-3-1-2-4-16(15)32-10-21(24,25)26/h1-8H,9-10H2,(H,27,28)(H,29,30). The largest absolute Gasteiger partial charge is 0.483 e. The minimum atomic E-state index is -4.54. The van der Waals surface area contributed by atoms with Crippen LogP contribution in [0.25, 0.3) is 10.8 Å². The van der Waals surface area contributed by atoms with Gasteiger partial charge in [-0.3, -0.25) is 4.79 Å². The predicted molar refractivity (Wildman–Crippen MR) is 113 cm³/mol. The minimum absolute atomic E-state index is 0.0132. The monoisotopic (exact) mass is 487 g/mol. The Kier molecular flexibility index (Phi) is 7.00. The molecule has 0 aromatic heterocycles. The van der Waals surface area contributed by atoms with Crippen LogP contribution in [-0.4, -0.2) is 36.4 Å². The lowest BCUT2D eigenvalue weighted by Gasteiger charge is -2.15. The summed E-state index contributed by atoms with van der Waals surface area (Å²) in [5.41, 5.74) is -0.101. The van der Waals surface area contributed by atoms with E-state index in [0.29, 0.717) is 10.8 Å². The lowest BCUT2D eigenvalue weighted by atomic mass is 10.1. The zero-order valence-corrected chi connectivity index (χ0v) is 17.5. The predicted octanol–water partition coefficient (Wildman–Crippen LogP) is 5.80. The number of aromatic carboxylic acids is 1. The molecule has 0 bridgehead atoms. The average Bonchev–Trinajstić information content (AvgIpc) is 2.70. The van der Waals surface area contributed by atoms with E-state index in [4.69, 9.17) is 32.7 Å². The Labute approximate surface area is 189 Å². The van der Waals surface area contributed by atoms with Crippen molar-refractivity contribution < 1.29 is 37.3 Å². The second-order valence-electron chi connectivity index (χ2n) is 6.50. The highest BCUT2D eigenvalue weighted by molar-refractivity contribution is 6.39. The second kappa shape index (κ2) is 9.54. The summed E-state index contributed by atoms with van der Waals surface area (Å²) in [5.74, 6) is -2.09. The third kappa shape index (κ3) is 5.95. The first-order valence-electron chi connectivity index (χ1n) is 8.91. The number of halogens is 5. The van der Waals surface area contributed by atoms with Crippen molar-refractivity contribution in [2.45, 2.75) is 6.18 Å². The van der Waals surface area contributed by atoms with E-state index in [1.54, 1.807) is 0 Å². The van der Waals surface area contributed by atoms with Gasteiger partial charge in [0.05, 0.1) is 16.3 Å². The highest BCUT2D eigenvalue weighted by atomic mass is 35.5. The summed E-state index contributed by atoms with van der Waals surface area (Å²) < 4.78 is 47.5. The van der Waals surface area contributed by atoms with Crippen LogP contribution in [0.15, 0.2) is 48.5 Å². The van der Waals surface area contributed by atoms with Crippen molar-refractivity contribution >= 4 is 51.5 Å². The molecule has 0 saturated carbocycles. The highest BCUT2D eigenvalue weighted by Gasteiger charge is 2.29. The Bertz CT molecular complexity index is 1180. The number of benzene rings is 3. The number of fused-ring (bicyclic) bond motifs is 1. The molecule has 0 atom stereocenters. The SMILES string of the molecule is O=C(COc1cc(C(=O)O)cc2cc(Cl)cc(Cl)c12)Nc1ccccc1OCC(F)(F)F. The number of carbonyl (C=O) groups excluding carboxylic acids is 1. The van der Waals surface area contributed by atoms with E-state index in [1.165, 1.54) is 48.5 Å². The number of rotatable bonds is 7. The summed E-state index contributed by atoms with van der Waals surface area (Å²) >= 11 is 12.2. The fraction of sp³-hybridized carbons (Fsp3) is 0.143. The molecular formula is C21H14Cl2F3NO5. The number of alkyl halides is 3. The van der Waals surface area contributed by atoms with E-state index >= 15 is 0 Å². The zero-order chi connectivity index (χ0) is 23.5. The molecule has 0 saturated heterocycles. The van der Waals surface area contributed by atoms with Gasteiger partial charge in [-0.15, -0.1) is 0 Å². The van der Waals surface area contributed by atoms with Crippen LogP contribution in [0, 0.1) is 0 Å². The summed E-state index contributed by atoms with van der Waals surface area (Å²) in [6.45, 7) is -2.10. The number of carboxylic acid groups (broad SMARTS) is 1. The molecular weight excluding hydrogens is 474 g/mol. The van der Waals surface area contributed by atoms with Crippen LogP contribution in [0.4, 0.5) is 18.9 Å². The Balaban J connectivity index is 1.79. The first-order valence-corrected chi connectivity index (χ1v) is 9.66. The Morgan fingerprint density at radius 3 is 2.41 bits per heavy atom. The quantitative estimate of drug-likeness (QED) is 0.439. The van der Waals surface area contributed by atoms with Crippen LogP contribution >= 0.6 is 23.2 Å². The van der Waals surface area contributed by atoms with E-state index in [9.17, 15) is 27.9 Å². The van der Waals surface area contributed by atoms with Crippen molar-refractivity contribution in [1.82, 2.24) is 0 Å². The maximum absolute atomic E-state index is 12.4. The van der Waals surface area contributed by atoms with E-state index in [2.05, 4.69) is 5.32 Å². The molecule has 1 amide bonds. The maximum Gasteiger partial charge on any atom is 0.422 e. The van der Waals surface area contributed by atoms with Gasteiger partial charge in [-0.05, 0) is 41.8 Å². The highest BCUT2D eigenvalue weighted by Crippen LogP contribution is 2.36. The number of hydrogen-bond donors (Lipinski definition) is 2. The van der Waals surface area contributed by atoms with Gasteiger partial charge in [-0.1, -0.05) is 35.3 Å². The molecule has 3 aromatic rings. The fourth-order valence-corrected chi connectivity index (χ4v) is 3.41. The van der Waals surface area contributed by atoms with Crippen LogP contribution in [0.1, 0.15) is 10.4 Å². The number of hydrogen-bond acceptors (Lipinski definition) is 4. The van der Waals surface area contributed by atoms with Crippen molar-refractivity contribution in [2.24, 2.45) is 0 Å². The molecule has 168 valence electrons. The molecule has 0 aliphatic carbocycles. The van der Waals surface area contributed by atoms with Crippen LogP contribution in [0.3, 0.4) is 0 Å². The van der Waals surface area contributed by atoms with E-state index < -0.39 is 31.3 Å². The van der Waals surface area contributed by atoms with Crippen molar-refractivity contribution in [1.29, 1.82) is 0 Å². The van der Waals surface area contributed by atoms with Crippen LogP contribution in [0.5, 0.6) is 11.5 Å². The molecule has 2 N–H and O–H groups in total. The Morgan fingerprint density at radius 2 is 1.72 bits per heavy atom. The third-order valence-electron chi connectivity index (χ3n) is 4.09. The summed E-state index contributed by atoms with van der Waals surface area (Å²) in [5, 5.41) is 12.9. The molecule has 0 spiro atoms. The number of anilines is 1. The molecule has 3 rings (SSSR count). The minimum Gasteiger partial charge on any atom is -0.483 e. The number of para-hydroxylation sites is 2. The van der Waals surface area contributed by atoms with E-state index in [1.807, 2.05) is 0 Å². The Morgan fingerprint density at radius 1 is 1.00 bits per heavy atom. The van der Waals surface area contributed by atoms with Gasteiger partial charge in [0.2, 0.25) is 0 Å². The van der Waals surface area contributed by atoms with E-state index in [0.717, 1.165) is 0 Å². The number of carboxylic acids is 1. The van der Waals surface area contributed by atoms with Gasteiger partial charge in [0.25, 0.3) is 5.91 Å². The molecule has 6 nitrogen and oxygen atoms in total. The number of carbonyl (C=O) groups is 2. The van der Waals surface area contributed by atoms with Gasteiger partial charge in [0, 0.05) is 10.4 Å². The molecule has 0 fully saturated rings. The third-order valence-corrected chi connectivity index (χ3v) is 4.60. The molecule has 0 radical (unpaired) electrons. The van der Waals surface area contributed by atoms with Crippen molar-refractivity contribution in [3.05, 3.63) is 64.1 Å². The molecule has 11 heteroatoms. The Hall–Kier alpha value is -3.17. The van der Waals surface area contributed by atoms with Crippen LogP contribution < -0.4 is 14.8 Å². The zero-order valence-electron chi connectivity index (χ0n) is 16.0. The molecule has 0 aliphatic heterocycles. The van der Waals surface area contributed by atoms with Gasteiger partial charge in [-0.2, -0.15) is 13.2 Å². The summed E-state index contributed by atoms with van der Waals surface area (Å²) in [4.78, 5) is 23.8. The summed E-state index contributed by atoms with van der Waals surface area (Å²) in [6, 6.07) is 11.1. The van der Waals surface area contributed by atoms with Crippen LogP contribution in [-0.2, 0) is 4.79 Å². The van der Waals surface area contributed by atoms with Gasteiger partial charge in [0.1, 0.15) is 11.5 Å². The fourth-order valence-electron chi connectivity index (χ4n) is 2.81. The topological polar surface area (TPSA) is 84.9 Å². The number of nitrogens with one attached hydrogen (secondary N) is 1.